The van der Waals surface area contributed by atoms with Crippen molar-refractivity contribution in [3.63, 3.8) is 0 Å². The molecule has 1 heterocycles. The number of urea groups is 1. The summed E-state index contributed by atoms with van der Waals surface area (Å²) in [6, 6.07) is 6.08. The number of benzene rings is 1. The van der Waals surface area contributed by atoms with Crippen LogP contribution in [0.15, 0.2) is 24.3 Å². The molecular weight excluding hydrogens is 345 g/mol. The average Bonchev–Trinajstić information content (AvgIpc) is 2.67. The molecule has 2 N–H and O–H groups in total. The summed E-state index contributed by atoms with van der Waals surface area (Å²) in [5, 5.41) is 5.92. The van der Waals surface area contributed by atoms with Crippen LogP contribution in [-0.2, 0) is 4.79 Å². The van der Waals surface area contributed by atoms with Crippen LogP contribution in [0.5, 0.6) is 0 Å². The fourth-order valence-electron chi connectivity index (χ4n) is 4.14. The van der Waals surface area contributed by atoms with Crippen LogP contribution in [-0.4, -0.2) is 36.0 Å². The first kappa shape index (κ1) is 19.6. The topological polar surface area (TPSA) is 61.4 Å². The molecule has 0 aromatic heterocycles. The van der Waals surface area contributed by atoms with Crippen molar-refractivity contribution in [2.45, 2.75) is 63.8 Å². The van der Waals surface area contributed by atoms with E-state index < -0.39 is 0 Å². The van der Waals surface area contributed by atoms with Crippen molar-refractivity contribution < 1.29 is 14.0 Å². The lowest BCUT2D eigenvalue weighted by Crippen LogP contribution is -2.42. The van der Waals surface area contributed by atoms with Gasteiger partial charge in [0.15, 0.2) is 0 Å². The molecule has 27 heavy (non-hydrogen) atoms. The molecule has 2 fully saturated rings. The van der Waals surface area contributed by atoms with Crippen molar-refractivity contribution in [2.75, 3.05) is 18.4 Å². The Hall–Kier alpha value is -2.11. The van der Waals surface area contributed by atoms with E-state index in [0.717, 1.165) is 32.1 Å². The standard InChI is InChI=1S/C21H30FN3O2/c22-17-7-4-10-19(14-17)24-21(27)25-13-5-6-16(15-25)11-12-20(26)23-18-8-2-1-3-9-18/h4,7,10,14,16,18H,1-3,5-6,8-9,11-13,15H2,(H,23,26)(H,24,27)/t16-/m0/s1. The number of likely N-dealkylation sites (tertiary alicyclic amines) is 1. The maximum Gasteiger partial charge on any atom is 0.321 e. The van der Waals surface area contributed by atoms with Crippen molar-refractivity contribution in [3.05, 3.63) is 30.1 Å². The van der Waals surface area contributed by atoms with Crippen LogP contribution in [0, 0.1) is 11.7 Å². The van der Waals surface area contributed by atoms with E-state index in [2.05, 4.69) is 10.6 Å². The van der Waals surface area contributed by atoms with Crippen LogP contribution in [0.3, 0.4) is 0 Å². The van der Waals surface area contributed by atoms with E-state index in [-0.39, 0.29) is 17.8 Å². The number of hydrogen-bond acceptors (Lipinski definition) is 2. The number of carbonyl (C=O) groups is 2. The van der Waals surface area contributed by atoms with E-state index in [1.54, 1.807) is 17.0 Å². The van der Waals surface area contributed by atoms with Gasteiger partial charge in [-0.25, -0.2) is 9.18 Å². The molecule has 0 bridgehead atoms. The minimum atomic E-state index is -0.367. The van der Waals surface area contributed by atoms with Gasteiger partial charge in [-0.05, 0) is 56.2 Å². The van der Waals surface area contributed by atoms with E-state index >= 15 is 0 Å². The van der Waals surface area contributed by atoms with Gasteiger partial charge >= 0.3 is 6.03 Å². The van der Waals surface area contributed by atoms with Gasteiger partial charge in [-0.2, -0.15) is 0 Å². The van der Waals surface area contributed by atoms with Gasteiger partial charge in [0.1, 0.15) is 5.82 Å². The molecule has 1 aliphatic carbocycles. The first-order valence-corrected chi connectivity index (χ1v) is 10.2. The van der Waals surface area contributed by atoms with Crippen LogP contribution < -0.4 is 10.6 Å². The number of anilines is 1. The molecule has 1 aromatic carbocycles. The second kappa shape index (κ2) is 9.72. The third-order valence-electron chi connectivity index (χ3n) is 5.63. The first-order valence-electron chi connectivity index (χ1n) is 10.2. The van der Waals surface area contributed by atoms with Gasteiger partial charge < -0.3 is 15.5 Å². The van der Waals surface area contributed by atoms with Gasteiger partial charge in [-0.15, -0.1) is 0 Å². The van der Waals surface area contributed by atoms with E-state index in [4.69, 9.17) is 0 Å². The maximum atomic E-state index is 13.3. The van der Waals surface area contributed by atoms with Gasteiger partial charge in [0.25, 0.3) is 0 Å². The fraction of sp³-hybridized carbons (Fsp3) is 0.619. The summed E-state index contributed by atoms with van der Waals surface area (Å²) in [6.07, 6.45) is 9.22. The quantitative estimate of drug-likeness (QED) is 0.806. The predicted octanol–water partition coefficient (Wildman–Crippen LogP) is 4.30. The summed E-state index contributed by atoms with van der Waals surface area (Å²) < 4.78 is 13.3. The normalized spacial score (nSPS) is 20.9. The molecule has 1 saturated heterocycles. The minimum Gasteiger partial charge on any atom is -0.353 e. The van der Waals surface area contributed by atoms with E-state index in [9.17, 15) is 14.0 Å². The second-order valence-corrected chi connectivity index (χ2v) is 7.84. The molecule has 5 nitrogen and oxygen atoms in total. The molecule has 6 heteroatoms. The lowest BCUT2D eigenvalue weighted by molar-refractivity contribution is -0.122. The van der Waals surface area contributed by atoms with Gasteiger partial charge in [-0.1, -0.05) is 25.3 Å². The van der Waals surface area contributed by atoms with Crippen molar-refractivity contribution >= 4 is 17.6 Å². The Morgan fingerprint density at radius 1 is 1.11 bits per heavy atom. The molecule has 3 amide bonds. The number of piperidine rings is 1. The number of carbonyl (C=O) groups excluding carboxylic acids is 2. The summed E-state index contributed by atoms with van der Waals surface area (Å²) in [5.74, 6) is 0.116. The molecule has 148 valence electrons. The van der Waals surface area contributed by atoms with Crippen molar-refractivity contribution in [1.29, 1.82) is 0 Å². The Labute approximate surface area is 160 Å². The molecule has 1 atom stereocenters. The number of amides is 3. The van der Waals surface area contributed by atoms with Crippen LogP contribution in [0.2, 0.25) is 0 Å². The Kier molecular flexibility index (Phi) is 7.07. The van der Waals surface area contributed by atoms with Crippen molar-refractivity contribution in [2.24, 2.45) is 5.92 Å². The molecule has 0 unspecified atom stereocenters. The summed E-state index contributed by atoms with van der Waals surface area (Å²) >= 11 is 0. The molecular formula is C21H30FN3O2. The largest absolute Gasteiger partial charge is 0.353 e. The fourth-order valence-corrected chi connectivity index (χ4v) is 4.14. The van der Waals surface area contributed by atoms with E-state index in [1.165, 1.54) is 31.4 Å². The average molecular weight is 375 g/mol. The van der Waals surface area contributed by atoms with Crippen LogP contribution in [0.1, 0.15) is 57.8 Å². The van der Waals surface area contributed by atoms with Crippen molar-refractivity contribution in [1.82, 2.24) is 10.2 Å². The molecule has 2 aliphatic rings. The number of hydrogen-bond donors (Lipinski definition) is 2. The molecule has 0 spiro atoms. The Balaban J connectivity index is 1.41. The molecule has 3 rings (SSSR count). The lowest BCUT2D eigenvalue weighted by atomic mass is 9.92. The SMILES string of the molecule is O=C(CC[C@@H]1CCCN(C(=O)Nc2cccc(F)c2)C1)NC1CCCCC1. The summed E-state index contributed by atoms with van der Waals surface area (Å²) in [5.41, 5.74) is 0.467. The highest BCUT2D eigenvalue weighted by molar-refractivity contribution is 5.89. The smallest absolute Gasteiger partial charge is 0.321 e. The maximum absolute atomic E-state index is 13.3. The van der Waals surface area contributed by atoms with Gasteiger partial charge in [0, 0.05) is 31.2 Å². The van der Waals surface area contributed by atoms with Gasteiger partial charge in [0.05, 0.1) is 0 Å². The highest BCUT2D eigenvalue weighted by atomic mass is 19.1. The van der Waals surface area contributed by atoms with E-state index in [1.807, 2.05) is 0 Å². The zero-order valence-corrected chi connectivity index (χ0v) is 15.9. The van der Waals surface area contributed by atoms with Gasteiger partial charge in [-0.3, -0.25) is 4.79 Å². The molecule has 1 aromatic rings. The van der Waals surface area contributed by atoms with Crippen LogP contribution in [0.4, 0.5) is 14.9 Å². The number of rotatable bonds is 5. The Morgan fingerprint density at radius 2 is 1.93 bits per heavy atom. The summed E-state index contributed by atoms with van der Waals surface area (Å²) in [4.78, 5) is 26.4. The zero-order valence-electron chi connectivity index (χ0n) is 15.9. The number of halogens is 1. The highest BCUT2D eigenvalue weighted by Gasteiger charge is 2.24. The first-order chi connectivity index (χ1) is 13.1. The minimum absolute atomic E-state index is 0.142. The third-order valence-corrected chi connectivity index (χ3v) is 5.63. The number of nitrogens with one attached hydrogen (secondary N) is 2. The summed E-state index contributed by atoms with van der Waals surface area (Å²) in [7, 11) is 0. The summed E-state index contributed by atoms with van der Waals surface area (Å²) in [6.45, 7) is 1.35. The third kappa shape index (κ3) is 6.22. The van der Waals surface area contributed by atoms with E-state index in [0.29, 0.717) is 37.2 Å². The zero-order chi connectivity index (χ0) is 19.1. The van der Waals surface area contributed by atoms with Crippen LogP contribution in [0.25, 0.3) is 0 Å². The van der Waals surface area contributed by atoms with Crippen molar-refractivity contribution in [3.8, 4) is 0 Å². The number of nitrogens with zero attached hydrogens (tertiary/aromatic N) is 1. The Morgan fingerprint density at radius 3 is 2.70 bits per heavy atom. The molecule has 0 radical (unpaired) electrons. The van der Waals surface area contributed by atoms with Gasteiger partial charge in [0.2, 0.25) is 5.91 Å². The lowest BCUT2D eigenvalue weighted by Gasteiger charge is -2.33. The second-order valence-electron chi connectivity index (χ2n) is 7.84. The van der Waals surface area contributed by atoms with Crippen LogP contribution >= 0.6 is 0 Å². The molecule has 1 aliphatic heterocycles. The Bertz CT molecular complexity index is 646. The monoisotopic (exact) mass is 375 g/mol. The molecule has 1 saturated carbocycles. The highest BCUT2D eigenvalue weighted by Crippen LogP contribution is 2.23. The predicted molar refractivity (Wildman–Crippen MR) is 104 cm³/mol.